The fourth-order valence-corrected chi connectivity index (χ4v) is 7.65. The summed E-state index contributed by atoms with van der Waals surface area (Å²) in [5, 5.41) is 9.53. The van der Waals surface area contributed by atoms with Gasteiger partial charge < -0.3 is 38.6 Å². The molecule has 4 aliphatic heterocycles. The van der Waals surface area contributed by atoms with E-state index < -0.39 is 18.2 Å². The van der Waals surface area contributed by atoms with Gasteiger partial charge in [-0.05, 0) is 88.7 Å². The van der Waals surface area contributed by atoms with Crippen LogP contribution in [0.5, 0.6) is 0 Å². The van der Waals surface area contributed by atoms with E-state index in [-0.39, 0.29) is 66.1 Å². The van der Waals surface area contributed by atoms with Gasteiger partial charge in [-0.25, -0.2) is 19.2 Å². The number of piperazine rings is 1. The molecular formula is C36H48N2O10. The van der Waals surface area contributed by atoms with Crippen molar-refractivity contribution in [2.24, 2.45) is 11.8 Å². The largest absolute Gasteiger partial charge is 0.478 e. The lowest BCUT2D eigenvalue weighted by molar-refractivity contribution is -0.140. The highest BCUT2D eigenvalue weighted by Gasteiger charge is 2.61. The minimum atomic E-state index is -0.994. The fourth-order valence-electron chi connectivity index (χ4n) is 7.65. The van der Waals surface area contributed by atoms with Gasteiger partial charge in [0, 0.05) is 43.2 Å². The van der Waals surface area contributed by atoms with Crippen LogP contribution >= 0.6 is 0 Å². The fraction of sp³-hybridized carbons (Fsp3) is 0.667. The summed E-state index contributed by atoms with van der Waals surface area (Å²) in [4.78, 5) is 53.0. The maximum Gasteiger partial charge on any atom is 0.410 e. The molecule has 0 spiro atoms. The lowest BCUT2D eigenvalue weighted by Crippen LogP contribution is -2.51. The van der Waals surface area contributed by atoms with Gasteiger partial charge in [-0.2, -0.15) is 0 Å². The highest BCUT2D eigenvalue weighted by molar-refractivity contribution is 5.91. The lowest BCUT2D eigenvalue weighted by Gasteiger charge is -2.33. The highest BCUT2D eigenvalue weighted by Crippen LogP contribution is 2.50. The maximum atomic E-state index is 13.0. The number of carboxylic acid groups (broad SMARTS) is 1. The molecule has 48 heavy (non-hydrogen) atoms. The molecule has 6 rings (SSSR count). The summed E-state index contributed by atoms with van der Waals surface area (Å²) in [6.07, 6.45) is 9.27. The molecule has 6 aliphatic rings. The molecular weight excluding hydrogens is 620 g/mol. The number of allylic oxidation sites excluding steroid dienone is 2. The van der Waals surface area contributed by atoms with E-state index in [0.717, 1.165) is 36.8 Å². The van der Waals surface area contributed by atoms with Crippen molar-refractivity contribution in [1.82, 2.24) is 9.80 Å². The number of epoxide rings is 2. The summed E-state index contributed by atoms with van der Waals surface area (Å²) >= 11 is 0. The van der Waals surface area contributed by atoms with Crippen LogP contribution in [0.3, 0.4) is 0 Å². The van der Waals surface area contributed by atoms with Gasteiger partial charge in [0.1, 0.15) is 25.4 Å². The second-order valence-electron chi connectivity index (χ2n) is 14.5. The van der Waals surface area contributed by atoms with Crippen molar-refractivity contribution in [3.63, 3.8) is 0 Å². The van der Waals surface area contributed by atoms with Crippen LogP contribution in [-0.2, 0) is 33.3 Å². The van der Waals surface area contributed by atoms with Gasteiger partial charge in [-0.1, -0.05) is 25.3 Å². The highest BCUT2D eigenvalue weighted by atomic mass is 16.6. The number of carbonyl (C=O) groups excluding carboxylic acids is 3. The lowest BCUT2D eigenvalue weighted by atomic mass is 9.84. The van der Waals surface area contributed by atoms with Gasteiger partial charge in [-0.15, -0.1) is 0 Å². The maximum absolute atomic E-state index is 13.0. The third-order valence-corrected chi connectivity index (χ3v) is 11.2. The zero-order valence-corrected chi connectivity index (χ0v) is 28.1. The minimum absolute atomic E-state index is 0.0453. The third kappa shape index (κ3) is 7.49. The predicted octanol–water partition coefficient (Wildman–Crippen LogP) is 4.94. The topological polar surface area (TPSA) is 148 Å². The summed E-state index contributed by atoms with van der Waals surface area (Å²) in [6.45, 7) is 13.5. The summed E-state index contributed by atoms with van der Waals surface area (Å²) in [5.74, 6) is -1.68. The number of ether oxygens (including phenoxy) is 5. The van der Waals surface area contributed by atoms with Gasteiger partial charge in [0.05, 0.1) is 17.3 Å². The first kappa shape index (κ1) is 34.2. The number of hydrogen-bond acceptors (Lipinski definition) is 9. The molecule has 0 aromatic carbocycles. The van der Waals surface area contributed by atoms with Crippen LogP contribution in [0.2, 0.25) is 0 Å². The predicted molar refractivity (Wildman–Crippen MR) is 173 cm³/mol. The van der Waals surface area contributed by atoms with Crippen LogP contribution < -0.4 is 0 Å². The number of nitrogens with zero attached hydrogens (tertiary/aromatic N) is 2. The molecule has 0 unspecified atom stereocenters. The molecule has 0 bridgehead atoms. The number of carbonyl (C=O) groups is 4. The van der Waals surface area contributed by atoms with Crippen molar-refractivity contribution in [3.05, 3.63) is 47.6 Å². The standard InChI is InChI=1S/C36H48N2O10/c1-22(31(39)40)26-11-9-24(7-5-13-35(3)28(19-26)47-35)20-44-33(42)37-15-17-38(18-16-37)34(43)45-21-25-8-6-14-36(4)30(48-36)29-27(12-10-25)23(2)32(41)46-29/h7-8,26-30H,1-2,5-6,9-21H2,3-4H3,(H,39,40)/b24-7+,25-8+/t26-,27+,28+,29+,30+,35-,36-/m1/s1. The second-order valence-corrected chi connectivity index (χ2v) is 14.5. The van der Waals surface area contributed by atoms with E-state index in [9.17, 15) is 24.3 Å². The molecule has 1 N–H and O–H groups in total. The summed E-state index contributed by atoms with van der Waals surface area (Å²) in [5.41, 5.74) is 2.04. The van der Waals surface area contributed by atoms with E-state index in [0.29, 0.717) is 63.9 Å². The number of hydrogen-bond donors (Lipinski definition) is 1. The Balaban J connectivity index is 0.949. The van der Waals surface area contributed by atoms with Gasteiger partial charge in [0.15, 0.2) is 0 Å². The smallest absolute Gasteiger partial charge is 0.410 e. The Hall–Kier alpha value is -3.64. The summed E-state index contributed by atoms with van der Waals surface area (Å²) in [7, 11) is 0. The van der Waals surface area contributed by atoms with Crippen LogP contribution in [0, 0.1) is 11.8 Å². The Labute approximate surface area is 281 Å². The molecule has 4 saturated heterocycles. The number of aliphatic carboxylic acids is 1. The van der Waals surface area contributed by atoms with Crippen molar-refractivity contribution in [2.75, 3.05) is 39.4 Å². The SMILES string of the molecule is C=C(C(=O)O)[C@@H]1CC/C(COC(=O)N2CCN(C(=O)OC/C3=C/CC[C@@]4(C)O[C@H]4[C@H]4OC(=O)C(=C)[C@@H]4CC3)CC2)=C\CC[C@@]2(C)O[C@H]2C1. The van der Waals surface area contributed by atoms with E-state index in [1.807, 2.05) is 6.92 Å². The molecule has 0 radical (unpaired) electrons. The number of fused-ring (bicyclic) bond motifs is 4. The number of rotatable bonds is 6. The first-order valence-electron chi connectivity index (χ1n) is 17.2. The molecule has 0 saturated carbocycles. The van der Waals surface area contributed by atoms with E-state index in [1.165, 1.54) is 0 Å². The van der Waals surface area contributed by atoms with Gasteiger partial charge in [-0.3, -0.25) is 0 Å². The Kier molecular flexibility index (Phi) is 9.77. The van der Waals surface area contributed by atoms with E-state index in [2.05, 4.69) is 32.2 Å². The average molecular weight is 669 g/mol. The molecule has 2 aliphatic carbocycles. The number of carboxylic acids is 1. The Morgan fingerprint density at radius 3 is 2.06 bits per heavy atom. The molecule has 4 fully saturated rings. The first-order chi connectivity index (χ1) is 22.9. The van der Waals surface area contributed by atoms with Crippen LogP contribution in [0.15, 0.2) is 47.6 Å². The quantitative estimate of drug-likeness (QED) is 0.136. The summed E-state index contributed by atoms with van der Waals surface area (Å²) in [6, 6.07) is 0. The zero-order valence-electron chi connectivity index (χ0n) is 28.1. The molecule has 12 heteroatoms. The molecule has 262 valence electrons. The summed E-state index contributed by atoms with van der Waals surface area (Å²) < 4.78 is 28.9. The van der Waals surface area contributed by atoms with Crippen LogP contribution in [0.25, 0.3) is 0 Å². The van der Waals surface area contributed by atoms with Crippen molar-refractivity contribution in [2.45, 2.75) is 101 Å². The monoisotopic (exact) mass is 668 g/mol. The average Bonchev–Trinajstić information content (AvgIpc) is 3.91. The van der Waals surface area contributed by atoms with Crippen molar-refractivity contribution in [3.8, 4) is 0 Å². The van der Waals surface area contributed by atoms with Crippen molar-refractivity contribution >= 4 is 24.1 Å². The normalized spacial score (nSPS) is 37.2. The van der Waals surface area contributed by atoms with E-state index >= 15 is 0 Å². The molecule has 2 amide bonds. The number of amides is 2. The molecule has 4 heterocycles. The third-order valence-electron chi connectivity index (χ3n) is 11.2. The number of esters is 1. The van der Waals surface area contributed by atoms with E-state index in [4.69, 9.17) is 23.7 Å². The molecule has 12 nitrogen and oxygen atoms in total. The minimum Gasteiger partial charge on any atom is -0.478 e. The zero-order chi connectivity index (χ0) is 34.2. The van der Waals surface area contributed by atoms with Gasteiger partial charge in [0.2, 0.25) is 0 Å². The molecule has 0 aromatic heterocycles. The Morgan fingerprint density at radius 1 is 0.917 bits per heavy atom. The molecule has 7 atom stereocenters. The Morgan fingerprint density at radius 2 is 1.48 bits per heavy atom. The van der Waals surface area contributed by atoms with Crippen LogP contribution in [-0.4, -0.2) is 108 Å². The van der Waals surface area contributed by atoms with Crippen LogP contribution in [0.1, 0.15) is 71.6 Å². The molecule has 0 aromatic rings. The second kappa shape index (κ2) is 13.7. The van der Waals surface area contributed by atoms with Crippen molar-refractivity contribution < 1.29 is 48.0 Å². The van der Waals surface area contributed by atoms with E-state index in [1.54, 1.807) is 9.80 Å². The van der Waals surface area contributed by atoms with Crippen molar-refractivity contribution in [1.29, 1.82) is 0 Å². The Bertz CT molecular complexity index is 1410. The van der Waals surface area contributed by atoms with Crippen LogP contribution in [0.4, 0.5) is 9.59 Å². The van der Waals surface area contributed by atoms with Gasteiger partial charge in [0.25, 0.3) is 0 Å². The van der Waals surface area contributed by atoms with Gasteiger partial charge >= 0.3 is 24.1 Å². The first-order valence-corrected chi connectivity index (χ1v) is 17.2.